The predicted molar refractivity (Wildman–Crippen MR) is 40.8 cm³/mol. The second-order valence-electron chi connectivity index (χ2n) is 3.64. The largest absolute Gasteiger partial charge is 0.391 e. The first-order chi connectivity index (χ1) is 5.41. The Hall–Kier alpha value is -0.250. The van der Waals surface area contributed by atoms with E-state index in [9.17, 15) is 13.2 Å². The number of nitrogens with zero attached hydrogens (tertiary/aromatic N) is 1. The second-order valence-corrected chi connectivity index (χ2v) is 3.64. The predicted octanol–water partition coefficient (Wildman–Crippen LogP) is 2.14. The van der Waals surface area contributed by atoms with Gasteiger partial charge in [0.25, 0.3) is 0 Å². The average Bonchev–Trinajstić information content (AvgIpc) is 2.32. The summed E-state index contributed by atoms with van der Waals surface area (Å²) in [5.41, 5.74) is 0. The molecule has 1 fully saturated rings. The molecule has 0 spiro atoms. The zero-order chi connectivity index (χ0) is 9.35. The molecule has 2 unspecified atom stereocenters. The Morgan fingerprint density at radius 3 is 2.33 bits per heavy atom. The summed E-state index contributed by atoms with van der Waals surface area (Å²) in [6.45, 7) is 2.66. The summed E-state index contributed by atoms with van der Waals surface area (Å²) in [6.07, 6.45) is -3.34. The van der Waals surface area contributed by atoms with Gasteiger partial charge in [0.15, 0.2) is 0 Å². The molecule has 0 aliphatic carbocycles. The first-order valence-corrected chi connectivity index (χ1v) is 4.16. The van der Waals surface area contributed by atoms with Crippen molar-refractivity contribution in [2.24, 2.45) is 11.8 Å². The van der Waals surface area contributed by atoms with E-state index < -0.39 is 12.1 Å². The number of halogens is 3. The molecule has 1 aliphatic rings. The van der Waals surface area contributed by atoms with E-state index in [0.717, 1.165) is 6.54 Å². The van der Waals surface area contributed by atoms with E-state index in [1.54, 1.807) is 0 Å². The maximum Gasteiger partial charge on any atom is 0.391 e. The molecule has 0 aromatic rings. The van der Waals surface area contributed by atoms with Crippen LogP contribution in [0.25, 0.3) is 0 Å². The van der Waals surface area contributed by atoms with Crippen molar-refractivity contribution < 1.29 is 13.2 Å². The summed E-state index contributed by atoms with van der Waals surface area (Å²) < 4.78 is 36.6. The number of rotatable bonds is 1. The van der Waals surface area contributed by atoms with E-state index in [-0.39, 0.29) is 5.92 Å². The van der Waals surface area contributed by atoms with Gasteiger partial charge in [-0.15, -0.1) is 0 Å². The Balaban J connectivity index is 2.48. The summed E-state index contributed by atoms with van der Waals surface area (Å²) >= 11 is 0. The summed E-state index contributed by atoms with van der Waals surface area (Å²) in [4.78, 5) is 1.95. The molecule has 0 amide bonds. The van der Waals surface area contributed by atoms with Crippen LogP contribution in [-0.2, 0) is 0 Å². The maximum absolute atomic E-state index is 12.2. The molecule has 0 aromatic heterocycles. The number of alkyl halides is 3. The third-order valence-electron chi connectivity index (χ3n) is 2.65. The Labute approximate surface area is 70.5 Å². The topological polar surface area (TPSA) is 3.24 Å². The lowest BCUT2D eigenvalue weighted by atomic mass is 9.93. The molecule has 0 N–H and O–H groups in total. The van der Waals surface area contributed by atoms with Crippen molar-refractivity contribution >= 4 is 0 Å². The quantitative estimate of drug-likeness (QED) is 0.599. The van der Waals surface area contributed by atoms with Gasteiger partial charge in [-0.1, -0.05) is 6.92 Å². The minimum Gasteiger partial charge on any atom is -0.306 e. The van der Waals surface area contributed by atoms with E-state index in [4.69, 9.17) is 0 Å². The fourth-order valence-electron chi connectivity index (χ4n) is 1.64. The zero-order valence-corrected chi connectivity index (χ0v) is 7.36. The van der Waals surface area contributed by atoms with Crippen LogP contribution in [0.15, 0.2) is 0 Å². The van der Waals surface area contributed by atoms with Crippen LogP contribution in [-0.4, -0.2) is 31.2 Å². The van der Waals surface area contributed by atoms with E-state index >= 15 is 0 Å². The molecule has 2 atom stereocenters. The monoisotopic (exact) mass is 181 g/mol. The third kappa shape index (κ3) is 2.12. The van der Waals surface area contributed by atoms with Gasteiger partial charge >= 0.3 is 6.18 Å². The van der Waals surface area contributed by atoms with E-state index in [1.165, 1.54) is 6.92 Å². The van der Waals surface area contributed by atoms with E-state index in [2.05, 4.69) is 0 Å². The molecule has 1 aliphatic heterocycles. The van der Waals surface area contributed by atoms with Gasteiger partial charge in [0.05, 0.1) is 5.92 Å². The van der Waals surface area contributed by atoms with Crippen molar-refractivity contribution in [2.45, 2.75) is 19.5 Å². The molecular weight excluding hydrogens is 167 g/mol. The molecule has 1 rings (SSSR count). The fraction of sp³-hybridized carbons (Fsp3) is 1.00. The first-order valence-electron chi connectivity index (χ1n) is 4.16. The lowest BCUT2D eigenvalue weighted by Gasteiger charge is -2.21. The summed E-state index contributed by atoms with van der Waals surface area (Å²) in [5, 5.41) is 0. The molecule has 0 saturated carbocycles. The highest BCUT2D eigenvalue weighted by Crippen LogP contribution is 2.35. The number of hydrogen-bond donors (Lipinski definition) is 0. The van der Waals surface area contributed by atoms with Crippen molar-refractivity contribution in [3.63, 3.8) is 0 Å². The SMILES string of the molecule is CC(C1CCN(C)C1)C(F)(F)F. The van der Waals surface area contributed by atoms with Gasteiger partial charge in [0.2, 0.25) is 0 Å². The summed E-state index contributed by atoms with van der Waals surface area (Å²) in [6, 6.07) is 0. The maximum atomic E-state index is 12.2. The van der Waals surface area contributed by atoms with E-state index in [0.29, 0.717) is 13.0 Å². The molecule has 0 radical (unpaired) electrons. The molecule has 72 valence electrons. The van der Waals surface area contributed by atoms with Crippen molar-refractivity contribution in [1.29, 1.82) is 0 Å². The highest BCUT2D eigenvalue weighted by atomic mass is 19.4. The van der Waals surface area contributed by atoms with Crippen LogP contribution in [0.2, 0.25) is 0 Å². The van der Waals surface area contributed by atoms with Gasteiger partial charge in [-0.3, -0.25) is 0 Å². The minimum atomic E-state index is -4.02. The Kier molecular flexibility index (Phi) is 2.66. The number of likely N-dealkylation sites (tertiary alicyclic amines) is 1. The Bertz CT molecular complexity index is 155. The normalized spacial score (nSPS) is 29.2. The van der Waals surface area contributed by atoms with Crippen LogP contribution in [0, 0.1) is 11.8 Å². The standard InChI is InChI=1S/C8H14F3N/c1-6(8(9,10)11)7-3-4-12(2)5-7/h6-7H,3-5H2,1-2H3. The van der Waals surface area contributed by atoms with Crippen LogP contribution < -0.4 is 0 Å². The Morgan fingerprint density at radius 1 is 1.42 bits per heavy atom. The second kappa shape index (κ2) is 3.24. The van der Waals surface area contributed by atoms with Crippen LogP contribution >= 0.6 is 0 Å². The fourth-order valence-corrected chi connectivity index (χ4v) is 1.64. The highest BCUT2D eigenvalue weighted by molar-refractivity contribution is 4.80. The molecular formula is C8H14F3N. The molecule has 1 nitrogen and oxygen atoms in total. The lowest BCUT2D eigenvalue weighted by molar-refractivity contribution is -0.182. The van der Waals surface area contributed by atoms with Crippen LogP contribution in [0.3, 0.4) is 0 Å². The molecule has 12 heavy (non-hydrogen) atoms. The zero-order valence-electron chi connectivity index (χ0n) is 7.36. The molecule has 4 heteroatoms. The minimum absolute atomic E-state index is 0.199. The van der Waals surface area contributed by atoms with Gasteiger partial charge in [0, 0.05) is 6.54 Å². The van der Waals surface area contributed by atoms with Crippen molar-refractivity contribution in [2.75, 3.05) is 20.1 Å². The van der Waals surface area contributed by atoms with Gasteiger partial charge in [0.1, 0.15) is 0 Å². The molecule has 1 saturated heterocycles. The molecule has 0 bridgehead atoms. The van der Waals surface area contributed by atoms with Crippen LogP contribution in [0.1, 0.15) is 13.3 Å². The average molecular weight is 181 g/mol. The van der Waals surface area contributed by atoms with Gasteiger partial charge in [-0.05, 0) is 25.9 Å². The van der Waals surface area contributed by atoms with Crippen molar-refractivity contribution in [3.05, 3.63) is 0 Å². The van der Waals surface area contributed by atoms with Crippen molar-refractivity contribution in [3.8, 4) is 0 Å². The highest BCUT2D eigenvalue weighted by Gasteiger charge is 2.42. The first kappa shape index (κ1) is 9.84. The van der Waals surface area contributed by atoms with E-state index in [1.807, 2.05) is 11.9 Å². The third-order valence-corrected chi connectivity index (χ3v) is 2.65. The lowest BCUT2D eigenvalue weighted by Crippen LogP contribution is -2.29. The van der Waals surface area contributed by atoms with Crippen LogP contribution in [0.5, 0.6) is 0 Å². The van der Waals surface area contributed by atoms with Gasteiger partial charge < -0.3 is 4.90 Å². The number of hydrogen-bond acceptors (Lipinski definition) is 1. The smallest absolute Gasteiger partial charge is 0.306 e. The summed E-state index contributed by atoms with van der Waals surface area (Å²) in [5.74, 6) is -1.35. The molecule has 1 heterocycles. The van der Waals surface area contributed by atoms with Gasteiger partial charge in [-0.25, -0.2) is 0 Å². The molecule has 0 aromatic carbocycles. The van der Waals surface area contributed by atoms with Crippen molar-refractivity contribution in [1.82, 2.24) is 4.90 Å². The van der Waals surface area contributed by atoms with Gasteiger partial charge in [-0.2, -0.15) is 13.2 Å². The van der Waals surface area contributed by atoms with Crippen LogP contribution in [0.4, 0.5) is 13.2 Å². The summed E-state index contributed by atoms with van der Waals surface area (Å²) in [7, 11) is 1.86. The Morgan fingerprint density at radius 2 is 2.00 bits per heavy atom.